The van der Waals surface area contributed by atoms with Crippen LogP contribution in [0.3, 0.4) is 0 Å². The van der Waals surface area contributed by atoms with Crippen LogP contribution in [0.1, 0.15) is 13.3 Å². The van der Waals surface area contributed by atoms with Crippen LogP contribution >= 0.6 is 34.8 Å². The number of nitrogens with two attached hydrogens (primary N) is 1. The van der Waals surface area contributed by atoms with E-state index in [4.69, 9.17) is 50.0 Å². The van der Waals surface area contributed by atoms with Gasteiger partial charge in [-0.05, 0) is 6.92 Å². The van der Waals surface area contributed by atoms with Crippen LogP contribution in [0, 0.1) is 11.3 Å². The molecule has 0 aliphatic heterocycles. The highest BCUT2D eigenvalue weighted by molar-refractivity contribution is 6.48. The molecule has 3 N–H and O–H groups in total. The van der Waals surface area contributed by atoms with E-state index in [1.807, 2.05) is 6.07 Å². The smallest absolute Gasteiger partial charge is 0.402 e. The van der Waals surface area contributed by atoms with Crippen molar-refractivity contribution in [1.29, 1.82) is 5.26 Å². The van der Waals surface area contributed by atoms with E-state index in [2.05, 4.69) is 5.73 Å². The normalized spacial score (nSPS) is 11.9. The first-order valence-corrected chi connectivity index (χ1v) is 4.28. The van der Waals surface area contributed by atoms with Crippen LogP contribution < -0.4 is 5.73 Å². The van der Waals surface area contributed by atoms with Crippen LogP contribution in [0.5, 0.6) is 0 Å². The molecule has 0 saturated heterocycles. The summed E-state index contributed by atoms with van der Waals surface area (Å²) >= 11 is 16.5. The molecule has 4 nitrogen and oxygen atoms in total. The minimum absolute atomic E-state index is 0.286. The zero-order valence-corrected chi connectivity index (χ0v) is 9.07. The van der Waals surface area contributed by atoms with Crippen LogP contribution in [-0.4, -0.2) is 20.9 Å². The van der Waals surface area contributed by atoms with Gasteiger partial charge in [0.25, 0.3) is 0 Å². The van der Waals surface area contributed by atoms with E-state index in [1.54, 1.807) is 6.92 Å². The third kappa shape index (κ3) is 24.5. The number of amides is 1. The van der Waals surface area contributed by atoms with Crippen LogP contribution in [0.25, 0.3) is 0 Å². The number of carbonyl (C=O) groups is 1. The van der Waals surface area contributed by atoms with Gasteiger partial charge in [-0.25, -0.2) is 4.79 Å². The first-order chi connectivity index (χ1) is 5.69. The molecule has 1 unspecified atom stereocenters. The molecule has 1 amide bonds. The van der Waals surface area contributed by atoms with Crippen molar-refractivity contribution in [3.05, 3.63) is 0 Å². The number of carboxylic acid groups (broad SMARTS) is 1. The van der Waals surface area contributed by atoms with Crippen molar-refractivity contribution in [2.45, 2.75) is 23.1 Å². The van der Waals surface area contributed by atoms with Crippen LogP contribution in [0.15, 0.2) is 0 Å². The average molecular weight is 248 g/mol. The third-order valence-electron chi connectivity index (χ3n) is 0.678. The molecular weight excluding hydrogens is 238 g/mol. The Labute approximate surface area is 91.2 Å². The molecule has 0 radical (unpaired) electrons. The van der Waals surface area contributed by atoms with Gasteiger partial charge in [0.15, 0.2) is 0 Å². The van der Waals surface area contributed by atoms with Crippen LogP contribution in [0.2, 0.25) is 0 Å². The maximum Gasteiger partial charge on any atom is 0.402 e. The Hall–Kier alpha value is -0.370. The lowest BCUT2D eigenvalue weighted by Crippen LogP contribution is -2.12. The average Bonchev–Trinajstić information content (AvgIpc) is 1.82. The molecule has 76 valence electrons. The summed E-state index contributed by atoms with van der Waals surface area (Å²) in [6.45, 7) is 1.60. The lowest BCUT2D eigenvalue weighted by atomic mass is 10.2. The molecule has 0 spiro atoms. The molecule has 0 saturated carbocycles. The number of primary amides is 1. The summed E-state index contributed by atoms with van der Waals surface area (Å²) in [7, 11) is 0. The number of halogens is 3. The summed E-state index contributed by atoms with van der Waals surface area (Å²) in [5, 5.41) is 14.8. The summed E-state index contributed by atoms with van der Waals surface area (Å²) in [6, 6.07) is 1.82. The van der Waals surface area contributed by atoms with Crippen molar-refractivity contribution in [2.24, 2.45) is 5.73 Å². The van der Waals surface area contributed by atoms with E-state index in [9.17, 15) is 0 Å². The van der Waals surface area contributed by atoms with Gasteiger partial charge >= 0.3 is 6.09 Å². The summed E-state index contributed by atoms with van der Waals surface area (Å²) in [6.07, 6.45) is -1.05. The molecule has 0 aromatic carbocycles. The van der Waals surface area contributed by atoms with Crippen molar-refractivity contribution >= 4 is 40.9 Å². The topological polar surface area (TPSA) is 87.1 Å². The highest BCUT2D eigenvalue weighted by Crippen LogP contribution is 2.27. The van der Waals surface area contributed by atoms with E-state index in [1.165, 1.54) is 0 Å². The van der Waals surface area contributed by atoms with Crippen LogP contribution in [0.4, 0.5) is 4.79 Å². The predicted octanol–water partition coefficient (Wildman–Crippen LogP) is 2.32. The lowest BCUT2D eigenvalue weighted by Gasteiger charge is -2.11. The molecule has 1 atom stereocenters. The van der Waals surface area contributed by atoms with Crippen molar-refractivity contribution < 1.29 is 9.90 Å². The Balaban J connectivity index is 0. The zero-order chi connectivity index (χ0) is 11.1. The first-order valence-electron chi connectivity index (χ1n) is 3.09. The van der Waals surface area contributed by atoms with Crippen molar-refractivity contribution in [1.82, 2.24) is 0 Å². The summed E-state index contributed by atoms with van der Waals surface area (Å²) in [5.74, 6) is 0. The molecular formula is C6H9Cl3N2O2. The highest BCUT2D eigenvalue weighted by Gasteiger charge is 2.20. The summed E-state index contributed by atoms with van der Waals surface area (Å²) in [5.41, 5.74) is 4.03. The van der Waals surface area contributed by atoms with Crippen LogP contribution in [-0.2, 0) is 0 Å². The molecule has 0 fully saturated rings. The Bertz CT molecular complexity index is 193. The second-order valence-electron chi connectivity index (χ2n) is 2.21. The molecule has 0 aromatic heterocycles. The molecule has 0 aliphatic rings. The van der Waals surface area contributed by atoms with E-state index in [-0.39, 0.29) is 6.42 Å². The number of nitriles is 1. The minimum Gasteiger partial charge on any atom is -0.465 e. The third-order valence-corrected chi connectivity index (χ3v) is 1.24. The molecule has 0 rings (SSSR count). The second kappa shape index (κ2) is 7.07. The molecule has 7 heteroatoms. The van der Waals surface area contributed by atoms with Gasteiger partial charge in [-0.15, -0.1) is 34.8 Å². The van der Waals surface area contributed by atoms with Gasteiger partial charge in [-0.3, -0.25) is 0 Å². The van der Waals surface area contributed by atoms with Gasteiger partial charge in [0.2, 0.25) is 0 Å². The largest absolute Gasteiger partial charge is 0.465 e. The van der Waals surface area contributed by atoms with Gasteiger partial charge in [0.05, 0.1) is 6.07 Å². The first kappa shape index (κ1) is 15.1. The molecule has 0 aliphatic carbocycles. The number of rotatable bonds is 2. The minimum atomic E-state index is -1.33. The standard InChI is InChI=1S/C5H6Cl3N.CH3NO2/c1-5(7,8)2-4(6)3-9;2-1(3)4/h4H,2H2,1H3;2H2,(H,3,4). The van der Waals surface area contributed by atoms with E-state index < -0.39 is 15.8 Å². The SMILES string of the molecule is CC(Cl)(Cl)CC(Cl)C#N.NC(=O)O. The Morgan fingerprint density at radius 1 is 1.77 bits per heavy atom. The fourth-order valence-electron chi connectivity index (χ4n) is 0.360. The second-order valence-corrected chi connectivity index (χ2v) is 4.60. The molecule has 13 heavy (non-hydrogen) atoms. The number of alkyl halides is 3. The van der Waals surface area contributed by atoms with Gasteiger partial charge < -0.3 is 10.8 Å². The molecule has 0 bridgehead atoms. The van der Waals surface area contributed by atoms with Crippen molar-refractivity contribution in [2.75, 3.05) is 0 Å². The summed E-state index contributed by atoms with van der Waals surface area (Å²) < 4.78 is -0.887. The molecule has 0 heterocycles. The van der Waals surface area contributed by atoms with E-state index in [0.29, 0.717) is 0 Å². The summed E-state index contributed by atoms with van der Waals surface area (Å²) in [4.78, 5) is 8.78. The van der Waals surface area contributed by atoms with E-state index >= 15 is 0 Å². The van der Waals surface area contributed by atoms with Gasteiger partial charge in [0.1, 0.15) is 9.71 Å². The monoisotopic (exact) mass is 246 g/mol. The fraction of sp³-hybridized carbons (Fsp3) is 0.667. The van der Waals surface area contributed by atoms with Gasteiger partial charge in [0, 0.05) is 6.42 Å². The fourth-order valence-corrected chi connectivity index (χ4v) is 1.14. The highest BCUT2D eigenvalue weighted by atomic mass is 35.5. The quantitative estimate of drug-likeness (QED) is 0.734. The number of nitrogens with zero attached hydrogens (tertiary/aromatic N) is 1. The van der Waals surface area contributed by atoms with Gasteiger partial charge in [-0.1, -0.05) is 0 Å². The lowest BCUT2D eigenvalue weighted by molar-refractivity contribution is 0.205. The van der Waals surface area contributed by atoms with Gasteiger partial charge in [-0.2, -0.15) is 5.26 Å². The number of hydrogen-bond acceptors (Lipinski definition) is 2. The van der Waals surface area contributed by atoms with Crippen molar-refractivity contribution in [3.8, 4) is 6.07 Å². The predicted molar refractivity (Wildman–Crippen MR) is 52.2 cm³/mol. The van der Waals surface area contributed by atoms with Crippen molar-refractivity contribution in [3.63, 3.8) is 0 Å². The maximum absolute atomic E-state index is 8.78. The Kier molecular flexibility index (Phi) is 8.23. The Morgan fingerprint density at radius 3 is 2.15 bits per heavy atom. The molecule has 0 aromatic rings. The number of hydrogen-bond donors (Lipinski definition) is 2. The zero-order valence-electron chi connectivity index (χ0n) is 6.80. The Morgan fingerprint density at radius 2 is 2.08 bits per heavy atom. The van der Waals surface area contributed by atoms with E-state index in [0.717, 1.165) is 0 Å². The maximum atomic E-state index is 8.78.